The zero-order chi connectivity index (χ0) is 15.5. The molecule has 116 valence electrons. The normalized spacial score (nSPS) is 20.2. The monoisotopic (exact) mass is 311 g/mol. The van der Waals surface area contributed by atoms with Gasteiger partial charge in [0.05, 0.1) is 4.90 Å². The smallest absolute Gasteiger partial charge is 0.243 e. The van der Waals surface area contributed by atoms with Crippen molar-refractivity contribution in [1.82, 2.24) is 9.62 Å². The Morgan fingerprint density at radius 3 is 2.52 bits per heavy atom. The third-order valence-electron chi connectivity index (χ3n) is 3.60. The van der Waals surface area contributed by atoms with Gasteiger partial charge in [0.1, 0.15) is 0 Å². The molecule has 1 aliphatic rings. The molecule has 0 aromatic heterocycles. The third kappa shape index (κ3) is 3.81. The van der Waals surface area contributed by atoms with E-state index in [1.807, 2.05) is 7.05 Å². The number of hydrogen-bond acceptors (Lipinski definition) is 4. The number of nitrogens with zero attached hydrogens (tertiary/aromatic N) is 1. The first kappa shape index (κ1) is 15.9. The minimum atomic E-state index is -3.47. The van der Waals surface area contributed by atoms with Crippen molar-refractivity contribution in [1.29, 1.82) is 0 Å². The van der Waals surface area contributed by atoms with Crippen LogP contribution in [0.1, 0.15) is 19.8 Å². The van der Waals surface area contributed by atoms with Gasteiger partial charge in [0.2, 0.25) is 15.9 Å². The Bertz CT molecular complexity index is 598. The third-order valence-corrected chi connectivity index (χ3v) is 5.48. The molecule has 1 aromatic carbocycles. The SMILES string of the molecule is CNC1CCCN(S(=O)(=O)c2ccc(NC(C)=O)cc2)C1. The van der Waals surface area contributed by atoms with Gasteiger partial charge in [0.15, 0.2) is 0 Å². The standard InChI is InChI=1S/C14H21N3O3S/c1-11(18)16-12-5-7-14(8-6-12)21(19,20)17-9-3-4-13(10-17)15-2/h5-8,13,15H,3-4,9-10H2,1-2H3,(H,16,18). The average Bonchev–Trinajstić information content (AvgIpc) is 2.47. The Balaban J connectivity index is 2.17. The number of carbonyl (C=O) groups excluding carboxylic acids is 1. The number of sulfonamides is 1. The number of hydrogen-bond donors (Lipinski definition) is 2. The molecule has 7 heteroatoms. The highest BCUT2D eigenvalue weighted by atomic mass is 32.2. The minimum absolute atomic E-state index is 0.182. The molecule has 1 fully saturated rings. The van der Waals surface area contributed by atoms with E-state index < -0.39 is 10.0 Å². The Hall–Kier alpha value is -1.44. The Morgan fingerprint density at radius 2 is 1.95 bits per heavy atom. The van der Waals surface area contributed by atoms with Crippen molar-refractivity contribution in [2.45, 2.75) is 30.7 Å². The van der Waals surface area contributed by atoms with Gasteiger partial charge >= 0.3 is 0 Å². The van der Waals surface area contributed by atoms with Crippen LogP contribution in [-0.2, 0) is 14.8 Å². The summed E-state index contributed by atoms with van der Waals surface area (Å²) in [5, 5.41) is 5.76. The maximum atomic E-state index is 12.6. The zero-order valence-electron chi connectivity index (χ0n) is 12.3. The number of rotatable bonds is 4. The first-order chi connectivity index (χ1) is 9.93. The lowest BCUT2D eigenvalue weighted by Crippen LogP contribution is -2.46. The molecule has 1 aromatic rings. The minimum Gasteiger partial charge on any atom is -0.326 e. The van der Waals surface area contributed by atoms with Crippen molar-refractivity contribution in [3.8, 4) is 0 Å². The Labute approximate surface area is 125 Å². The molecule has 1 atom stereocenters. The number of anilines is 1. The number of amides is 1. The largest absolute Gasteiger partial charge is 0.326 e. The summed E-state index contributed by atoms with van der Waals surface area (Å²) in [6, 6.07) is 6.47. The highest BCUT2D eigenvalue weighted by Crippen LogP contribution is 2.22. The highest BCUT2D eigenvalue weighted by Gasteiger charge is 2.29. The van der Waals surface area contributed by atoms with E-state index in [1.54, 1.807) is 12.1 Å². The van der Waals surface area contributed by atoms with Crippen molar-refractivity contribution in [3.05, 3.63) is 24.3 Å². The molecule has 1 unspecified atom stereocenters. The maximum absolute atomic E-state index is 12.6. The van der Waals surface area contributed by atoms with E-state index in [0.29, 0.717) is 18.8 Å². The fraction of sp³-hybridized carbons (Fsp3) is 0.500. The Morgan fingerprint density at radius 1 is 1.29 bits per heavy atom. The first-order valence-corrected chi connectivity index (χ1v) is 8.42. The summed E-state index contributed by atoms with van der Waals surface area (Å²) in [6.07, 6.45) is 1.85. The van der Waals surface area contributed by atoms with Crippen LogP contribution in [0.3, 0.4) is 0 Å². The van der Waals surface area contributed by atoms with Gasteiger partial charge < -0.3 is 10.6 Å². The van der Waals surface area contributed by atoms with Crippen molar-refractivity contribution >= 4 is 21.6 Å². The van der Waals surface area contributed by atoms with Crippen LogP contribution in [-0.4, -0.2) is 44.8 Å². The fourth-order valence-corrected chi connectivity index (χ4v) is 3.98. The quantitative estimate of drug-likeness (QED) is 0.870. The van der Waals surface area contributed by atoms with Gasteiger partial charge in [-0.1, -0.05) is 0 Å². The topological polar surface area (TPSA) is 78.5 Å². The van der Waals surface area contributed by atoms with Crippen molar-refractivity contribution < 1.29 is 13.2 Å². The van der Waals surface area contributed by atoms with E-state index in [0.717, 1.165) is 12.8 Å². The van der Waals surface area contributed by atoms with Gasteiger partial charge in [-0.3, -0.25) is 4.79 Å². The summed E-state index contributed by atoms with van der Waals surface area (Å²) < 4.78 is 26.7. The van der Waals surface area contributed by atoms with Crippen molar-refractivity contribution in [2.24, 2.45) is 0 Å². The number of piperidine rings is 1. The van der Waals surface area contributed by atoms with Crippen LogP contribution in [0.4, 0.5) is 5.69 Å². The van der Waals surface area contributed by atoms with Crippen LogP contribution in [0.25, 0.3) is 0 Å². The van der Waals surface area contributed by atoms with Crippen molar-refractivity contribution in [2.75, 3.05) is 25.5 Å². The second kappa shape index (κ2) is 6.55. The fourth-order valence-electron chi connectivity index (χ4n) is 2.46. The number of carbonyl (C=O) groups is 1. The maximum Gasteiger partial charge on any atom is 0.243 e. The molecule has 0 bridgehead atoms. The highest BCUT2D eigenvalue weighted by molar-refractivity contribution is 7.89. The molecular formula is C14H21N3O3S. The lowest BCUT2D eigenvalue weighted by atomic mass is 10.1. The van der Waals surface area contributed by atoms with Crippen LogP contribution in [0.5, 0.6) is 0 Å². The van der Waals surface area contributed by atoms with E-state index >= 15 is 0 Å². The summed E-state index contributed by atoms with van der Waals surface area (Å²) in [7, 11) is -1.62. The average molecular weight is 311 g/mol. The molecule has 6 nitrogen and oxygen atoms in total. The van der Waals surface area contributed by atoms with Crippen LogP contribution >= 0.6 is 0 Å². The molecular weight excluding hydrogens is 290 g/mol. The van der Waals surface area contributed by atoms with Gasteiger partial charge in [0, 0.05) is 31.7 Å². The van der Waals surface area contributed by atoms with E-state index in [-0.39, 0.29) is 16.8 Å². The summed E-state index contributed by atoms with van der Waals surface area (Å²) in [6.45, 7) is 2.45. The summed E-state index contributed by atoms with van der Waals surface area (Å²) in [5.41, 5.74) is 0.591. The number of nitrogens with one attached hydrogen (secondary N) is 2. The lowest BCUT2D eigenvalue weighted by Gasteiger charge is -2.31. The first-order valence-electron chi connectivity index (χ1n) is 6.98. The molecule has 1 amide bonds. The zero-order valence-corrected chi connectivity index (χ0v) is 13.1. The Kier molecular flexibility index (Phi) is 4.97. The van der Waals surface area contributed by atoms with Crippen LogP contribution in [0, 0.1) is 0 Å². The molecule has 0 radical (unpaired) electrons. The van der Waals surface area contributed by atoms with Gasteiger partial charge in [-0.2, -0.15) is 4.31 Å². The lowest BCUT2D eigenvalue weighted by molar-refractivity contribution is -0.114. The summed E-state index contributed by atoms with van der Waals surface area (Å²) in [5.74, 6) is -0.182. The van der Waals surface area contributed by atoms with Gasteiger partial charge in [0.25, 0.3) is 0 Å². The van der Waals surface area contributed by atoms with E-state index in [9.17, 15) is 13.2 Å². The molecule has 0 aliphatic carbocycles. The second-order valence-corrected chi connectivity index (χ2v) is 7.13. The van der Waals surface area contributed by atoms with Gasteiger partial charge in [-0.05, 0) is 44.2 Å². The van der Waals surface area contributed by atoms with Gasteiger partial charge in [-0.25, -0.2) is 8.42 Å². The molecule has 1 saturated heterocycles. The van der Waals surface area contributed by atoms with Crippen LogP contribution < -0.4 is 10.6 Å². The molecule has 2 rings (SSSR count). The second-order valence-electron chi connectivity index (χ2n) is 5.20. The number of benzene rings is 1. The summed E-state index contributed by atoms with van der Waals surface area (Å²) in [4.78, 5) is 11.2. The van der Waals surface area contributed by atoms with E-state index in [4.69, 9.17) is 0 Å². The molecule has 1 heterocycles. The van der Waals surface area contributed by atoms with Crippen molar-refractivity contribution in [3.63, 3.8) is 0 Å². The molecule has 2 N–H and O–H groups in total. The molecule has 0 spiro atoms. The molecule has 1 aliphatic heterocycles. The van der Waals surface area contributed by atoms with Gasteiger partial charge in [-0.15, -0.1) is 0 Å². The predicted octanol–water partition coefficient (Wildman–Crippen LogP) is 1.02. The van der Waals surface area contributed by atoms with E-state index in [2.05, 4.69) is 10.6 Å². The van der Waals surface area contributed by atoms with E-state index in [1.165, 1.54) is 23.4 Å². The predicted molar refractivity (Wildman–Crippen MR) is 81.6 cm³/mol. The molecule has 0 saturated carbocycles. The summed E-state index contributed by atoms with van der Waals surface area (Å²) >= 11 is 0. The molecule has 21 heavy (non-hydrogen) atoms. The van der Waals surface area contributed by atoms with Crippen LogP contribution in [0.2, 0.25) is 0 Å². The number of likely N-dealkylation sites (N-methyl/N-ethyl adjacent to an activating group) is 1. The van der Waals surface area contributed by atoms with Crippen LogP contribution in [0.15, 0.2) is 29.2 Å².